The maximum atomic E-state index is 11.4. The first-order valence-electron chi connectivity index (χ1n) is 7.15. The van der Waals surface area contributed by atoms with Crippen molar-refractivity contribution in [2.45, 2.75) is 44.6 Å². The second-order valence-electron chi connectivity index (χ2n) is 5.86. The van der Waals surface area contributed by atoms with E-state index in [9.17, 15) is 4.79 Å². The monoisotopic (exact) mass is 338 g/mol. The van der Waals surface area contributed by atoms with E-state index < -0.39 is 0 Å². The van der Waals surface area contributed by atoms with Crippen LogP contribution in [0, 0.1) is 5.92 Å². The summed E-state index contributed by atoms with van der Waals surface area (Å²) in [6, 6.07) is 2.31. The highest BCUT2D eigenvalue weighted by Crippen LogP contribution is 2.39. The Labute approximate surface area is 127 Å². The molecule has 2 atom stereocenters. The summed E-state index contributed by atoms with van der Waals surface area (Å²) in [6.07, 6.45) is 4.19. The van der Waals surface area contributed by atoms with Crippen molar-refractivity contribution in [3.63, 3.8) is 0 Å². The largest absolute Gasteiger partial charge is 0.369 e. The predicted octanol–water partition coefficient (Wildman–Crippen LogP) is 2.21. The number of nitrogens with zero attached hydrogens (tertiary/aromatic N) is 3. The Morgan fingerprint density at radius 3 is 2.75 bits per heavy atom. The lowest BCUT2D eigenvalue weighted by molar-refractivity contribution is -0.122. The van der Waals surface area contributed by atoms with E-state index in [0.717, 1.165) is 29.1 Å². The highest BCUT2D eigenvalue weighted by Gasteiger charge is 2.32. The van der Waals surface area contributed by atoms with Crippen molar-refractivity contribution in [2.24, 2.45) is 11.7 Å². The van der Waals surface area contributed by atoms with Crippen LogP contribution in [0.5, 0.6) is 0 Å². The molecule has 108 valence electrons. The third kappa shape index (κ3) is 2.80. The molecule has 1 aliphatic heterocycles. The van der Waals surface area contributed by atoms with E-state index in [1.54, 1.807) is 0 Å². The van der Waals surface area contributed by atoms with Crippen molar-refractivity contribution in [2.75, 3.05) is 11.4 Å². The number of piperidine rings is 1. The first-order chi connectivity index (χ1) is 9.54. The number of halogens is 1. The minimum atomic E-state index is -0.211. The van der Waals surface area contributed by atoms with Crippen molar-refractivity contribution in [1.82, 2.24) is 9.97 Å². The molecule has 1 saturated heterocycles. The molecule has 2 unspecified atom stereocenters. The first kappa shape index (κ1) is 13.8. The quantitative estimate of drug-likeness (QED) is 0.857. The van der Waals surface area contributed by atoms with E-state index in [1.165, 1.54) is 12.8 Å². The molecule has 2 heterocycles. The fourth-order valence-electron chi connectivity index (χ4n) is 2.75. The molecule has 2 aliphatic rings. The summed E-state index contributed by atoms with van der Waals surface area (Å²) in [4.78, 5) is 22.8. The normalized spacial score (nSPS) is 26.6. The molecular formula is C14H19BrN4O. The van der Waals surface area contributed by atoms with Crippen molar-refractivity contribution in [3.05, 3.63) is 16.5 Å². The Morgan fingerprint density at radius 2 is 2.10 bits per heavy atom. The highest BCUT2D eigenvalue weighted by atomic mass is 79.9. The van der Waals surface area contributed by atoms with Crippen molar-refractivity contribution >= 4 is 27.7 Å². The molecule has 6 heteroatoms. The van der Waals surface area contributed by atoms with E-state index in [2.05, 4.69) is 32.7 Å². The van der Waals surface area contributed by atoms with E-state index in [-0.39, 0.29) is 11.8 Å². The predicted molar refractivity (Wildman–Crippen MR) is 80.4 cm³/mol. The SMILES string of the molecule is CC1CCC(C(N)=O)CN1c1cc(Br)nc(C2CC2)n1. The molecular weight excluding hydrogens is 320 g/mol. The van der Waals surface area contributed by atoms with Gasteiger partial charge in [-0.2, -0.15) is 0 Å². The number of hydrogen-bond donors (Lipinski definition) is 1. The molecule has 1 amide bonds. The van der Waals surface area contributed by atoms with Gasteiger partial charge in [0.05, 0.1) is 5.92 Å². The van der Waals surface area contributed by atoms with Gasteiger partial charge in [-0.3, -0.25) is 4.79 Å². The topological polar surface area (TPSA) is 72.1 Å². The second-order valence-corrected chi connectivity index (χ2v) is 6.67. The van der Waals surface area contributed by atoms with Crippen molar-refractivity contribution in [1.29, 1.82) is 0 Å². The number of amides is 1. The van der Waals surface area contributed by atoms with Crippen LogP contribution in [-0.4, -0.2) is 28.5 Å². The Balaban J connectivity index is 1.87. The van der Waals surface area contributed by atoms with Gasteiger partial charge in [-0.1, -0.05) is 0 Å². The van der Waals surface area contributed by atoms with Crippen molar-refractivity contribution < 1.29 is 4.79 Å². The van der Waals surface area contributed by atoms with Gasteiger partial charge in [-0.25, -0.2) is 9.97 Å². The molecule has 0 spiro atoms. The van der Waals surface area contributed by atoms with Gasteiger partial charge in [0.1, 0.15) is 16.2 Å². The van der Waals surface area contributed by atoms with Gasteiger partial charge < -0.3 is 10.6 Å². The van der Waals surface area contributed by atoms with Crippen LogP contribution in [0.2, 0.25) is 0 Å². The van der Waals surface area contributed by atoms with Crippen LogP contribution < -0.4 is 10.6 Å². The zero-order valence-electron chi connectivity index (χ0n) is 11.6. The van der Waals surface area contributed by atoms with Gasteiger partial charge in [0.2, 0.25) is 5.91 Å². The number of anilines is 1. The Kier molecular flexibility index (Phi) is 3.67. The Morgan fingerprint density at radius 1 is 1.35 bits per heavy atom. The summed E-state index contributed by atoms with van der Waals surface area (Å²) in [5.74, 6) is 2.05. The molecule has 0 aromatic carbocycles. The molecule has 20 heavy (non-hydrogen) atoms. The number of primary amides is 1. The lowest BCUT2D eigenvalue weighted by Gasteiger charge is -2.37. The molecule has 2 N–H and O–H groups in total. The fraction of sp³-hybridized carbons (Fsp3) is 0.643. The standard InChI is InChI=1S/C14H19BrN4O/c1-8-2-3-10(13(16)20)7-19(8)12-6-11(15)17-14(18-12)9-4-5-9/h6,8-10H,2-5,7H2,1H3,(H2,16,20). The Bertz CT molecular complexity index is 532. The molecule has 0 bridgehead atoms. The highest BCUT2D eigenvalue weighted by molar-refractivity contribution is 9.10. The molecule has 1 aliphatic carbocycles. The molecule has 1 aromatic heterocycles. The van der Waals surface area contributed by atoms with E-state index in [0.29, 0.717) is 18.5 Å². The molecule has 0 radical (unpaired) electrons. The third-order valence-electron chi connectivity index (χ3n) is 4.22. The lowest BCUT2D eigenvalue weighted by Crippen LogP contribution is -2.46. The van der Waals surface area contributed by atoms with Gasteiger partial charge in [0, 0.05) is 24.6 Å². The lowest BCUT2D eigenvalue weighted by atomic mass is 9.93. The van der Waals surface area contributed by atoms with Crippen LogP contribution in [0.4, 0.5) is 5.82 Å². The van der Waals surface area contributed by atoms with Crippen molar-refractivity contribution in [3.8, 4) is 0 Å². The summed E-state index contributed by atoms with van der Waals surface area (Å²) in [6.45, 7) is 2.83. The van der Waals surface area contributed by atoms with Gasteiger partial charge >= 0.3 is 0 Å². The van der Waals surface area contributed by atoms with Gasteiger partial charge in [-0.15, -0.1) is 0 Å². The summed E-state index contributed by atoms with van der Waals surface area (Å²) in [5.41, 5.74) is 5.46. The summed E-state index contributed by atoms with van der Waals surface area (Å²) >= 11 is 3.47. The van der Waals surface area contributed by atoms with Crippen LogP contribution in [-0.2, 0) is 4.79 Å². The van der Waals surface area contributed by atoms with Gasteiger partial charge in [-0.05, 0) is 48.5 Å². The van der Waals surface area contributed by atoms with Crippen LogP contribution in [0.15, 0.2) is 10.7 Å². The number of carbonyl (C=O) groups excluding carboxylic acids is 1. The summed E-state index contributed by atoms with van der Waals surface area (Å²) in [5, 5.41) is 0. The maximum Gasteiger partial charge on any atom is 0.222 e. The molecule has 3 rings (SSSR count). The maximum absolute atomic E-state index is 11.4. The Hall–Kier alpha value is -1.17. The summed E-state index contributed by atoms with van der Waals surface area (Å²) in [7, 11) is 0. The zero-order valence-corrected chi connectivity index (χ0v) is 13.1. The molecule has 1 aromatic rings. The average Bonchev–Trinajstić information content (AvgIpc) is 3.22. The molecule has 1 saturated carbocycles. The first-order valence-corrected chi connectivity index (χ1v) is 7.94. The van der Waals surface area contributed by atoms with Crippen LogP contribution >= 0.6 is 15.9 Å². The van der Waals surface area contributed by atoms with Gasteiger partial charge in [0.25, 0.3) is 0 Å². The van der Waals surface area contributed by atoms with E-state index >= 15 is 0 Å². The molecule has 2 fully saturated rings. The summed E-state index contributed by atoms with van der Waals surface area (Å²) < 4.78 is 0.817. The fourth-order valence-corrected chi connectivity index (χ4v) is 3.14. The molecule has 5 nitrogen and oxygen atoms in total. The minimum absolute atomic E-state index is 0.0793. The van der Waals surface area contributed by atoms with E-state index in [1.807, 2.05) is 6.07 Å². The second kappa shape index (κ2) is 5.31. The van der Waals surface area contributed by atoms with Crippen LogP contribution in [0.1, 0.15) is 44.3 Å². The zero-order chi connectivity index (χ0) is 14.3. The minimum Gasteiger partial charge on any atom is -0.369 e. The number of aromatic nitrogens is 2. The van der Waals surface area contributed by atoms with E-state index in [4.69, 9.17) is 10.7 Å². The van der Waals surface area contributed by atoms with Crippen LogP contribution in [0.25, 0.3) is 0 Å². The number of carbonyl (C=O) groups is 1. The number of nitrogens with two attached hydrogens (primary N) is 1. The smallest absolute Gasteiger partial charge is 0.222 e. The van der Waals surface area contributed by atoms with Gasteiger partial charge in [0.15, 0.2) is 0 Å². The average molecular weight is 339 g/mol. The number of rotatable bonds is 3. The van der Waals surface area contributed by atoms with Crippen LogP contribution in [0.3, 0.4) is 0 Å². The number of hydrogen-bond acceptors (Lipinski definition) is 4. The third-order valence-corrected chi connectivity index (χ3v) is 4.63.